The van der Waals surface area contributed by atoms with Gasteiger partial charge in [-0.1, -0.05) is 61.8 Å². The summed E-state index contributed by atoms with van der Waals surface area (Å²) in [7, 11) is 0. The molecule has 0 unspecified atom stereocenters. The third-order valence-electron chi connectivity index (χ3n) is 5.12. The number of likely N-dealkylation sites (N-methyl/N-ethyl adjacent to an activating group) is 1. The molecular weight excluding hydrogens is 316 g/mol. The summed E-state index contributed by atoms with van der Waals surface area (Å²) in [5.41, 5.74) is 6.26. The SMILES string of the molecule is CCN(CC)CCc1ccc2c(c1Cl)CCc1ccccc1C2=N. The van der Waals surface area contributed by atoms with Gasteiger partial charge in [-0.15, -0.1) is 0 Å². The van der Waals surface area contributed by atoms with E-state index < -0.39 is 0 Å². The fourth-order valence-corrected chi connectivity index (χ4v) is 3.90. The van der Waals surface area contributed by atoms with Gasteiger partial charge < -0.3 is 4.90 Å². The molecular formula is C21H25ClN2. The van der Waals surface area contributed by atoms with Crippen LogP contribution in [0.2, 0.25) is 5.02 Å². The molecule has 0 bridgehead atoms. The molecule has 0 heterocycles. The van der Waals surface area contributed by atoms with Crippen molar-refractivity contribution in [2.75, 3.05) is 19.6 Å². The summed E-state index contributed by atoms with van der Waals surface area (Å²) in [6.45, 7) is 7.56. The maximum absolute atomic E-state index is 8.62. The Kier molecular flexibility index (Phi) is 5.37. The number of hydrogen-bond donors (Lipinski definition) is 1. The van der Waals surface area contributed by atoms with Gasteiger partial charge in [0, 0.05) is 22.7 Å². The van der Waals surface area contributed by atoms with Crippen LogP contribution in [0, 0.1) is 5.41 Å². The maximum atomic E-state index is 8.62. The van der Waals surface area contributed by atoms with Crippen molar-refractivity contribution >= 4 is 17.3 Å². The summed E-state index contributed by atoms with van der Waals surface area (Å²) in [6, 6.07) is 12.5. The molecule has 2 aromatic rings. The summed E-state index contributed by atoms with van der Waals surface area (Å²) < 4.78 is 0. The summed E-state index contributed by atoms with van der Waals surface area (Å²) in [6.07, 6.45) is 2.82. The van der Waals surface area contributed by atoms with Gasteiger partial charge in [0.15, 0.2) is 0 Å². The maximum Gasteiger partial charge on any atom is 0.0690 e. The molecule has 2 aromatic carbocycles. The molecule has 0 atom stereocenters. The van der Waals surface area contributed by atoms with Crippen molar-refractivity contribution in [3.05, 3.63) is 69.2 Å². The average molecular weight is 341 g/mol. The first-order chi connectivity index (χ1) is 11.7. The molecule has 2 nitrogen and oxygen atoms in total. The second-order valence-electron chi connectivity index (χ2n) is 6.37. The molecule has 0 amide bonds. The van der Waals surface area contributed by atoms with Crippen LogP contribution in [0.1, 0.15) is 41.7 Å². The predicted octanol–water partition coefficient (Wildman–Crippen LogP) is 4.74. The highest BCUT2D eigenvalue weighted by atomic mass is 35.5. The Bertz CT molecular complexity index is 747. The second kappa shape index (κ2) is 7.50. The summed E-state index contributed by atoms with van der Waals surface area (Å²) >= 11 is 6.76. The average Bonchev–Trinajstić information content (AvgIpc) is 2.75. The van der Waals surface area contributed by atoms with Crippen LogP contribution in [0.25, 0.3) is 0 Å². The molecule has 0 saturated heterocycles. The van der Waals surface area contributed by atoms with E-state index >= 15 is 0 Å². The van der Waals surface area contributed by atoms with Crippen molar-refractivity contribution in [1.82, 2.24) is 4.90 Å². The van der Waals surface area contributed by atoms with Gasteiger partial charge in [0.2, 0.25) is 0 Å². The van der Waals surface area contributed by atoms with Gasteiger partial charge >= 0.3 is 0 Å². The molecule has 24 heavy (non-hydrogen) atoms. The lowest BCUT2D eigenvalue weighted by Gasteiger charge is -2.19. The molecule has 0 saturated carbocycles. The number of halogens is 1. The fourth-order valence-electron chi connectivity index (χ4n) is 3.55. The van der Waals surface area contributed by atoms with Gasteiger partial charge in [-0.25, -0.2) is 0 Å². The first-order valence-corrected chi connectivity index (χ1v) is 9.23. The number of nitrogens with one attached hydrogen (secondary N) is 1. The van der Waals surface area contributed by atoms with E-state index in [-0.39, 0.29) is 0 Å². The first kappa shape index (κ1) is 17.2. The molecule has 0 radical (unpaired) electrons. The van der Waals surface area contributed by atoms with Crippen molar-refractivity contribution in [2.24, 2.45) is 0 Å². The highest BCUT2D eigenvalue weighted by Crippen LogP contribution is 2.31. The normalized spacial score (nSPS) is 13.6. The van der Waals surface area contributed by atoms with Crippen LogP contribution < -0.4 is 0 Å². The predicted molar refractivity (Wildman–Crippen MR) is 103 cm³/mol. The Morgan fingerprint density at radius 3 is 2.50 bits per heavy atom. The lowest BCUT2D eigenvalue weighted by Crippen LogP contribution is -2.25. The van der Waals surface area contributed by atoms with E-state index in [0.717, 1.165) is 60.6 Å². The van der Waals surface area contributed by atoms with Crippen molar-refractivity contribution < 1.29 is 0 Å². The minimum absolute atomic E-state index is 0.607. The molecule has 0 spiro atoms. The summed E-state index contributed by atoms with van der Waals surface area (Å²) in [4.78, 5) is 2.42. The number of benzene rings is 2. The van der Waals surface area contributed by atoms with E-state index in [1.165, 1.54) is 11.1 Å². The number of hydrogen-bond acceptors (Lipinski definition) is 2. The molecule has 3 heteroatoms. The molecule has 0 aromatic heterocycles. The molecule has 1 aliphatic rings. The van der Waals surface area contributed by atoms with E-state index in [1.807, 2.05) is 6.07 Å². The highest BCUT2D eigenvalue weighted by Gasteiger charge is 2.21. The van der Waals surface area contributed by atoms with Crippen LogP contribution in [0.5, 0.6) is 0 Å². The Morgan fingerprint density at radius 1 is 1.00 bits per heavy atom. The number of fused-ring (bicyclic) bond motifs is 2. The zero-order chi connectivity index (χ0) is 17.1. The highest BCUT2D eigenvalue weighted by molar-refractivity contribution is 6.33. The van der Waals surface area contributed by atoms with Crippen molar-refractivity contribution in [1.29, 1.82) is 5.41 Å². The standard InChI is InChI=1S/C21H25ClN2/c1-3-24(4-2)14-13-16-10-12-19-18(20(16)22)11-9-15-7-5-6-8-17(15)21(19)23/h5-8,10,12,23H,3-4,9,11,13-14H2,1-2H3. The van der Waals surface area contributed by atoms with Crippen LogP contribution in [0.15, 0.2) is 36.4 Å². The third kappa shape index (κ3) is 3.26. The molecule has 1 N–H and O–H groups in total. The number of aryl methyl sites for hydroxylation is 1. The Labute approximate surface area is 150 Å². The zero-order valence-corrected chi connectivity index (χ0v) is 15.3. The van der Waals surface area contributed by atoms with Gasteiger partial charge in [-0.3, -0.25) is 5.41 Å². The van der Waals surface area contributed by atoms with Gasteiger partial charge in [0.25, 0.3) is 0 Å². The van der Waals surface area contributed by atoms with Crippen LogP contribution in [-0.2, 0) is 19.3 Å². The van der Waals surface area contributed by atoms with Gasteiger partial charge in [-0.2, -0.15) is 0 Å². The van der Waals surface area contributed by atoms with E-state index in [0.29, 0.717) is 5.71 Å². The van der Waals surface area contributed by atoms with Gasteiger partial charge in [0.05, 0.1) is 5.71 Å². The Hall–Kier alpha value is -1.64. The Morgan fingerprint density at radius 2 is 1.75 bits per heavy atom. The zero-order valence-electron chi connectivity index (χ0n) is 14.5. The lowest BCUT2D eigenvalue weighted by molar-refractivity contribution is 0.308. The quantitative estimate of drug-likeness (QED) is 0.836. The van der Waals surface area contributed by atoms with E-state index in [2.05, 4.69) is 49.1 Å². The van der Waals surface area contributed by atoms with Crippen molar-refractivity contribution in [3.8, 4) is 0 Å². The Balaban J connectivity index is 1.91. The minimum atomic E-state index is 0.607. The monoisotopic (exact) mass is 340 g/mol. The van der Waals surface area contributed by atoms with Gasteiger partial charge in [-0.05, 0) is 49.0 Å². The van der Waals surface area contributed by atoms with Crippen LogP contribution in [0.3, 0.4) is 0 Å². The number of nitrogens with zero attached hydrogens (tertiary/aromatic N) is 1. The van der Waals surface area contributed by atoms with E-state index in [1.54, 1.807) is 0 Å². The van der Waals surface area contributed by atoms with Crippen LogP contribution in [-0.4, -0.2) is 30.2 Å². The van der Waals surface area contributed by atoms with Gasteiger partial charge in [0.1, 0.15) is 0 Å². The van der Waals surface area contributed by atoms with E-state index in [4.69, 9.17) is 17.0 Å². The molecule has 0 aliphatic heterocycles. The molecule has 1 aliphatic carbocycles. The van der Waals surface area contributed by atoms with E-state index in [9.17, 15) is 0 Å². The minimum Gasteiger partial charge on any atom is -0.304 e. The lowest BCUT2D eigenvalue weighted by atomic mass is 9.95. The fraction of sp³-hybridized carbons (Fsp3) is 0.381. The summed E-state index contributed by atoms with van der Waals surface area (Å²) in [5, 5.41) is 9.49. The van der Waals surface area contributed by atoms with Crippen molar-refractivity contribution in [3.63, 3.8) is 0 Å². The van der Waals surface area contributed by atoms with Crippen molar-refractivity contribution in [2.45, 2.75) is 33.1 Å². The second-order valence-corrected chi connectivity index (χ2v) is 6.75. The molecule has 3 rings (SSSR count). The topological polar surface area (TPSA) is 27.1 Å². The third-order valence-corrected chi connectivity index (χ3v) is 5.59. The smallest absolute Gasteiger partial charge is 0.0690 e. The largest absolute Gasteiger partial charge is 0.304 e. The molecule has 126 valence electrons. The van der Waals surface area contributed by atoms with Crippen LogP contribution >= 0.6 is 11.6 Å². The van der Waals surface area contributed by atoms with Crippen LogP contribution in [0.4, 0.5) is 0 Å². The summed E-state index contributed by atoms with van der Waals surface area (Å²) in [5.74, 6) is 0. The first-order valence-electron chi connectivity index (χ1n) is 8.85. The molecule has 0 fully saturated rings. The number of rotatable bonds is 5.